The largest absolute Gasteiger partial charge is 0.477 e. The number of hydrogen-bond donors (Lipinski definition) is 3. The summed E-state index contributed by atoms with van der Waals surface area (Å²) in [7, 11) is 0. The van der Waals surface area contributed by atoms with Crippen molar-refractivity contribution in [1.29, 1.82) is 0 Å². The van der Waals surface area contributed by atoms with Gasteiger partial charge in [0.15, 0.2) is 0 Å². The summed E-state index contributed by atoms with van der Waals surface area (Å²) in [4.78, 5) is 26.0. The lowest BCUT2D eigenvalue weighted by Gasteiger charge is -2.22. The molecule has 1 heterocycles. The fraction of sp³-hybridized carbons (Fsp3) is 0.462. The minimum absolute atomic E-state index is 0.0444. The number of nitrogens with one attached hydrogen (secondary N) is 2. The van der Waals surface area contributed by atoms with Crippen LogP contribution in [-0.4, -0.2) is 28.6 Å². The van der Waals surface area contributed by atoms with Crippen LogP contribution in [0.4, 0.5) is 10.5 Å². The first-order valence-electron chi connectivity index (χ1n) is 6.08. The molecule has 0 aliphatic rings. The van der Waals surface area contributed by atoms with Gasteiger partial charge in [0.25, 0.3) is 0 Å². The predicted molar refractivity (Wildman–Crippen MR) is 72.3 cm³/mol. The second-order valence-corrected chi connectivity index (χ2v) is 5.06. The first-order valence-corrected chi connectivity index (χ1v) is 6.08. The SMILES string of the molecule is CCC(C)(C)CNC(=O)Nc1ccc(C(=O)O)nc1. The second kappa shape index (κ2) is 6.17. The molecule has 1 aromatic rings. The number of nitrogens with zero attached hydrogens (tertiary/aromatic N) is 1. The maximum atomic E-state index is 11.6. The smallest absolute Gasteiger partial charge is 0.354 e. The number of urea groups is 1. The van der Waals surface area contributed by atoms with E-state index in [9.17, 15) is 9.59 Å². The van der Waals surface area contributed by atoms with Crippen molar-refractivity contribution in [2.75, 3.05) is 11.9 Å². The third kappa shape index (κ3) is 4.95. The van der Waals surface area contributed by atoms with E-state index < -0.39 is 5.97 Å². The fourth-order valence-electron chi connectivity index (χ4n) is 1.21. The fourth-order valence-corrected chi connectivity index (χ4v) is 1.21. The van der Waals surface area contributed by atoms with Crippen LogP contribution < -0.4 is 10.6 Å². The maximum absolute atomic E-state index is 11.6. The number of aromatic carboxylic acids is 1. The average Bonchev–Trinajstić information content (AvgIpc) is 2.37. The monoisotopic (exact) mass is 265 g/mol. The summed E-state index contributed by atoms with van der Waals surface area (Å²) in [5.74, 6) is -1.10. The van der Waals surface area contributed by atoms with Gasteiger partial charge >= 0.3 is 12.0 Å². The molecule has 0 spiro atoms. The van der Waals surface area contributed by atoms with E-state index in [0.717, 1.165) is 6.42 Å². The molecule has 19 heavy (non-hydrogen) atoms. The Bertz CT molecular complexity index is 455. The Hall–Kier alpha value is -2.11. The van der Waals surface area contributed by atoms with Crippen LogP contribution in [0.15, 0.2) is 18.3 Å². The maximum Gasteiger partial charge on any atom is 0.354 e. The molecule has 1 aromatic heterocycles. The minimum atomic E-state index is -1.10. The number of carbonyl (C=O) groups is 2. The van der Waals surface area contributed by atoms with Crippen molar-refractivity contribution >= 4 is 17.7 Å². The standard InChI is InChI=1S/C13H19N3O3/c1-4-13(2,3)8-15-12(19)16-9-5-6-10(11(17)18)14-7-9/h5-7H,4,8H2,1-3H3,(H,17,18)(H2,15,16,19). The zero-order valence-electron chi connectivity index (χ0n) is 11.4. The molecule has 3 N–H and O–H groups in total. The van der Waals surface area contributed by atoms with Crippen molar-refractivity contribution in [3.8, 4) is 0 Å². The number of carboxylic acids is 1. The number of pyridine rings is 1. The molecule has 0 unspecified atom stereocenters. The first kappa shape index (κ1) is 14.9. The van der Waals surface area contributed by atoms with Gasteiger partial charge in [0.1, 0.15) is 5.69 Å². The van der Waals surface area contributed by atoms with Crippen molar-refractivity contribution in [3.05, 3.63) is 24.0 Å². The molecular formula is C13H19N3O3. The van der Waals surface area contributed by atoms with E-state index in [1.165, 1.54) is 18.3 Å². The van der Waals surface area contributed by atoms with Gasteiger partial charge in [-0.15, -0.1) is 0 Å². The van der Waals surface area contributed by atoms with Gasteiger partial charge in [-0.05, 0) is 24.0 Å². The van der Waals surface area contributed by atoms with E-state index in [4.69, 9.17) is 5.11 Å². The highest BCUT2D eigenvalue weighted by Gasteiger charge is 2.16. The summed E-state index contributed by atoms with van der Waals surface area (Å²) < 4.78 is 0. The number of carboxylic acid groups (broad SMARTS) is 1. The molecular weight excluding hydrogens is 246 g/mol. The van der Waals surface area contributed by atoms with Crippen LogP contribution in [0.2, 0.25) is 0 Å². The lowest BCUT2D eigenvalue weighted by molar-refractivity contribution is 0.0690. The Balaban J connectivity index is 2.51. The zero-order valence-corrected chi connectivity index (χ0v) is 11.4. The average molecular weight is 265 g/mol. The van der Waals surface area contributed by atoms with E-state index >= 15 is 0 Å². The summed E-state index contributed by atoms with van der Waals surface area (Å²) in [5.41, 5.74) is 0.442. The molecule has 0 aliphatic carbocycles. The van der Waals surface area contributed by atoms with Gasteiger partial charge in [0.05, 0.1) is 11.9 Å². The second-order valence-electron chi connectivity index (χ2n) is 5.06. The zero-order chi connectivity index (χ0) is 14.5. The van der Waals surface area contributed by atoms with Gasteiger partial charge in [-0.25, -0.2) is 14.6 Å². The van der Waals surface area contributed by atoms with Gasteiger partial charge in [0, 0.05) is 6.54 Å². The molecule has 6 nitrogen and oxygen atoms in total. The van der Waals surface area contributed by atoms with Crippen molar-refractivity contribution in [3.63, 3.8) is 0 Å². The summed E-state index contributed by atoms with van der Waals surface area (Å²) in [6.45, 7) is 6.76. The Morgan fingerprint density at radius 3 is 2.53 bits per heavy atom. The highest BCUT2D eigenvalue weighted by Crippen LogP contribution is 2.17. The molecule has 0 saturated heterocycles. The molecule has 0 radical (unpaired) electrons. The molecule has 2 amide bonds. The van der Waals surface area contributed by atoms with Crippen molar-refractivity contribution in [2.45, 2.75) is 27.2 Å². The molecule has 6 heteroatoms. The molecule has 0 bridgehead atoms. The lowest BCUT2D eigenvalue weighted by atomic mass is 9.90. The number of hydrogen-bond acceptors (Lipinski definition) is 3. The van der Waals surface area contributed by atoms with E-state index in [0.29, 0.717) is 12.2 Å². The topological polar surface area (TPSA) is 91.3 Å². The summed E-state index contributed by atoms with van der Waals surface area (Å²) >= 11 is 0. The molecule has 0 saturated carbocycles. The Labute approximate surface area is 112 Å². The van der Waals surface area contributed by atoms with Crippen LogP contribution in [-0.2, 0) is 0 Å². The summed E-state index contributed by atoms with van der Waals surface area (Å²) in [6, 6.07) is 2.51. The quantitative estimate of drug-likeness (QED) is 0.762. The van der Waals surface area contributed by atoms with Crippen LogP contribution in [0.1, 0.15) is 37.7 Å². The molecule has 0 fully saturated rings. The number of rotatable bonds is 5. The number of amides is 2. The van der Waals surface area contributed by atoms with Gasteiger partial charge in [-0.2, -0.15) is 0 Å². The lowest BCUT2D eigenvalue weighted by Crippen LogP contribution is -2.36. The highest BCUT2D eigenvalue weighted by atomic mass is 16.4. The molecule has 0 atom stereocenters. The van der Waals surface area contributed by atoms with Crippen LogP contribution in [0.25, 0.3) is 0 Å². The number of anilines is 1. The van der Waals surface area contributed by atoms with Crippen molar-refractivity contribution in [1.82, 2.24) is 10.3 Å². The highest BCUT2D eigenvalue weighted by molar-refractivity contribution is 5.90. The van der Waals surface area contributed by atoms with Crippen molar-refractivity contribution < 1.29 is 14.7 Å². The summed E-state index contributed by atoms with van der Waals surface area (Å²) in [6.07, 6.45) is 2.27. The van der Waals surface area contributed by atoms with Gasteiger partial charge in [0.2, 0.25) is 0 Å². The van der Waals surface area contributed by atoms with E-state index in [1.807, 2.05) is 0 Å². The summed E-state index contributed by atoms with van der Waals surface area (Å²) in [5, 5.41) is 14.1. The number of carbonyl (C=O) groups excluding carboxylic acids is 1. The van der Waals surface area contributed by atoms with Crippen LogP contribution in [0.5, 0.6) is 0 Å². The van der Waals surface area contributed by atoms with Crippen molar-refractivity contribution in [2.24, 2.45) is 5.41 Å². The minimum Gasteiger partial charge on any atom is -0.477 e. The number of aromatic nitrogens is 1. The Morgan fingerprint density at radius 2 is 2.05 bits per heavy atom. The van der Waals surface area contributed by atoms with E-state index in [-0.39, 0.29) is 17.1 Å². The Kier molecular flexibility index (Phi) is 4.86. The molecule has 0 aliphatic heterocycles. The molecule has 104 valence electrons. The van der Waals surface area contributed by atoms with Crippen LogP contribution in [0, 0.1) is 5.41 Å². The molecule has 0 aromatic carbocycles. The van der Waals surface area contributed by atoms with Gasteiger partial charge in [-0.1, -0.05) is 20.8 Å². The van der Waals surface area contributed by atoms with E-state index in [2.05, 4.69) is 36.4 Å². The third-order valence-corrected chi connectivity index (χ3v) is 2.93. The van der Waals surface area contributed by atoms with Gasteiger partial charge < -0.3 is 15.7 Å². The van der Waals surface area contributed by atoms with Crippen LogP contribution >= 0.6 is 0 Å². The van der Waals surface area contributed by atoms with Gasteiger partial charge in [-0.3, -0.25) is 0 Å². The first-order chi connectivity index (χ1) is 8.84. The van der Waals surface area contributed by atoms with Crippen LogP contribution in [0.3, 0.4) is 0 Å². The third-order valence-electron chi connectivity index (χ3n) is 2.93. The normalized spacial score (nSPS) is 10.9. The predicted octanol–water partition coefficient (Wildman–Crippen LogP) is 2.34. The Morgan fingerprint density at radius 1 is 1.37 bits per heavy atom. The molecule has 1 rings (SSSR count). The van der Waals surface area contributed by atoms with E-state index in [1.54, 1.807) is 0 Å².